The fourth-order valence-corrected chi connectivity index (χ4v) is 20.8. The van der Waals surface area contributed by atoms with Crippen molar-refractivity contribution in [1.82, 2.24) is 0 Å². The molecule has 2 aliphatic carbocycles. The van der Waals surface area contributed by atoms with Crippen LogP contribution in [0.1, 0.15) is 22.3 Å². The molecule has 18 rings (SSSR count). The molecular formula is C79H48P2. The van der Waals surface area contributed by atoms with Gasteiger partial charge in [-0.1, -0.05) is 300 Å². The molecule has 0 fully saturated rings. The molecule has 3 atom stereocenters. The first-order valence-electron chi connectivity index (χ1n) is 28.3. The van der Waals surface area contributed by atoms with Gasteiger partial charge < -0.3 is 0 Å². The molecule has 0 aliphatic heterocycles. The maximum Gasteiger partial charge on any atom is 0.0731 e. The van der Waals surface area contributed by atoms with Gasteiger partial charge in [-0.2, -0.15) is 0 Å². The van der Waals surface area contributed by atoms with E-state index in [1.165, 1.54) is 163 Å². The smallest absolute Gasteiger partial charge is 0.0731 e. The lowest BCUT2D eigenvalue weighted by Gasteiger charge is -2.31. The lowest BCUT2D eigenvalue weighted by Crippen LogP contribution is -2.26. The highest BCUT2D eigenvalue weighted by Gasteiger charge is 2.53. The molecule has 0 radical (unpaired) electrons. The zero-order valence-corrected chi connectivity index (χ0v) is 45.9. The first-order valence-corrected chi connectivity index (χ1v) is 30.9. The van der Waals surface area contributed by atoms with Crippen LogP contribution < -0.4 is 0 Å². The summed E-state index contributed by atoms with van der Waals surface area (Å²) in [6.07, 6.45) is 0. The summed E-state index contributed by atoms with van der Waals surface area (Å²) in [5.41, 5.74) is 17.9. The van der Waals surface area contributed by atoms with Crippen molar-refractivity contribution in [2.24, 2.45) is 0 Å². The van der Waals surface area contributed by atoms with E-state index in [-0.39, 0.29) is 0 Å². The van der Waals surface area contributed by atoms with Crippen LogP contribution in [0, 0.1) is 0 Å². The average molecular weight is 1060 g/mol. The van der Waals surface area contributed by atoms with E-state index in [0.717, 1.165) is 0 Å². The fourth-order valence-electron chi connectivity index (χ4n) is 15.3. The molecule has 0 bridgehead atoms. The van der Waals surface area contributed by atoms with Crippen molar-refractivity contribution in [2.75, 3.05) is 0 Å². The summed E-state index contributed by atoms with van der Waals surface area (Å²) in [6, 6.07) is 112. The molecular weight excluding hydrogens is 1010 g/mol. The molecule has 374 valence electrons. The lowest BCUT2D eigenvalue weighted by atomic mass is 9.69. The fraction of sp³-hybridized carbons (Fsp3) is 0.0127. The molecule has 1 spiro atoms. The van der Waals surface area contributed by atoms with Crippen LogP contribution in [0.5, 0.6) is 0 Å². The highest BCUT2D eigenvalue weighted by molar-refractivity contribution is 7.68. The van der Waals surface area contributed by atoms with Gasteiger partial charge in [0.25, 0.3) is 0 Å². The van der Waals surface area contributed by atoms with Gasteiger partial charge in [-0.3, -0.25) is 0 Å². The van der Waals surface area contributed by atoms with Gasteiger partial charge in [0.1, 0.15) is 0 Å². The van der Waals surface area contributed by atoms with Gasteiger partial charge in [0.05, 0.1) is 5.41 Å². The summed E-state index contributed by atoms with van der Waals surface area (Å²) in [4.78, 5) is 0. The minimum Gasteiger partial charge on any atom is -0.0766 e. The molecule has 0 amide bonds. The van der Waals surface area contributed by atoms with E-state index in [9.17, 15) is 0 Å². The molecule has 16 aromatic rings. The van der Waals surface area contributed by atoms with Gasteiger partial charge in [-0.15, -0.1) is 0 Å². The Morgan fingerprint density at radius 1 is 0.222 bits per heavy atom. The first kappa shape index (κ1) is 45.3. The van der Waals surface area contributed by atoms with Crippen molar-refractivity contribution in [3.63, 3.8) is 0 Å². The molecule has 2 aromatic heterocycles. The Bertz CT molecular complexity index is 5130. The summed E-state index contributed by atoms with van der Waals surface area (Å²) >= 11 is 0. The van der Waals surface area contributed by atoms with E-state index in [4.69, 9.17) is 0 Å². The molecule has 81 heavy (non-hydrogen) atoms. The van der Waals surface area contributed by atoms with Crippen LogP contribution in [-0.2, 0) is 5.41 Å². The van der Waals surface area contributed by atoms with Crippen LogP contribution in [0.25, 0.3) is 141 Å². The summed E-state index contributed by atoms with van der Waals surface area (Å²) in [6.45, 7) is 0. The van der Waals surface area contributed by atoms with E-state index in [1.54, 1.807) is 0 Å². The molecule has 2 heteroatoms. The third kappa shape index (κ3) is 6.11. The Morgan fingerprint density at radius 3 is 1.25 bits per heavy atom. The van der Waals surface area contributed by atoms with E-state index < -0.39 is 20.5 Å². The maximum absolute atomic E-state index is 2.59. The van der Waals surface area contributed by atoms with Crippen molar-refractivity contribution >= 4 is 89.4 Å². The van der Waals surface area contributed by atoms with Crippen LogP contribution in [0.3, 0.4) is 0 Å². The van der Waals surface area contributed by atoms with Crippen LogP contribution in [0.2, 0.25) is 0 Å². The third-order valence-electron chi connectivity index (χ3n) is 18.3. The number of benzene rings is 14. The van der Waals surface area contributed by atoms with Crippen LogP contribution >= 0.6 is 15.1 Å². The van der Waals surface area contributed by atoms with Crippen LogP contribution in [-0.4, -0.2) is 0 Å². The second-order valence-corrected chi connectivity index (χ2v) is 26.3. The van der Waals surface area contributed by atoms with Crippen molar-refractivity contribution < 1.29 is 0 Å². The lowest BCUT2D eigenvalue weighted by molar-refractivity contribution is 0.801. The van der Waals surface area contributed by atoms with Gasteiger partial charge in [0, 0.05) is 20.5 Å². The van der Waals surface area contributed by atoms with Crippen molar-refractivity contribution in [2.45, 2.75) is 5.41 Å². The number of hydrogen-bond donors (Lipinski definition) is 0. The quantitative estimate of drug-likeness (QED) is 0.151. The average Bonchev–Trinajstić information content (AvgIpc) is 2.62. The Kier molecular flexibility index (Phi) is 9.64. The number of rotatable bonds is 5. The second-order valence-electron chi connectivity index (χ2n) is 22.1. The summed E-state index contributed by atoms with van der Waals surface area (Å²) in [7, 11) is -1.70. The van der Waals surface area contributed by atoms with E-state index in [1.807, 2.05) is 0 Å². The predicted molar refractivity (Wildman–Crippen MR) is 350 cm³/mol. The van der Waals surface area contributed by atoms with Gasteiger partial charge in [-0.25, -0.2) is 0 Å². The largest absolute Gasteiger partial charge is 0.0766 e. The Morgan fingerprint density at radius 2 is 0.642 bits per heavy atom. The van der Waals surface area contributed by atoms with Crippen LogP contribution in [0.4, 0.5) is 0 Å². The SMILES string of the molecule is c1ccc(-p2c3ccccc3c3cccc(-c4cccc5c(-c6cccc7c6-c6ccccc6C76c7ccccc7-c7ccc8ccccc8c76)c6cccc(-c7cccc8c9ccccc9p(-c9ccccc9)c78)c6cc45)c32)cc1. The number of hydrogen-bond acceptors (Lipinski definition) is 0. The van der Waals surface area contributed by atoms with Crippen molar-refractivity contribution in [1.29, 1.82) is 0 Å². The molecule has 0 saturated carbocycles. The first-order chi connectivity index (χ1) is 40.3. The molecule has 0 saturated heterocycles. The zero-order chi connectivity index (χ0) is 52.9. The van der Waals surface area contributed by atoms with Crippen LogP contribution in [0.15, 0.2) is 291 Å². The number of fused-ring (bicyclic) bond motifs is 20. The minimum absolute atomic E-state index is 0.534. The summed E-state index contributed by atoms with van der Waals surface area (Å²) in [5.74, 6) is 0. The Labute approximate surface area is 471 Å². The van der Waals surface area contributed by atoms with Crippen molar-refractivity contribution in [3.05, 3.63) is 313 Å². The topological polar surface area (TPSA) is 0 Å². The highest BCUT2D eigenvalue weighted by Crippen LogP contribution is 2.67. The van der Waals surface area contributed by atoms with Gasteiger partial charge >= 0.3 is 0 Å². The standard InChI is InChI=1S/C79H48P2/c1-3-23-50(24-4-1)80-72-44-15-11-29-56(72)63-38-19-36-61(77(63)80)53-32-17-34-58-67(53)48-68-54(62-37-20-39-64-57-30-12-16-45-73(57)81(78(62)64)51-25-5-2-6-26-51)33-18-35-59(68)74(58)66-40-21-43-71-75(66)65-31-10-14-42-70(65)79(71)69-41-13-9-28-55(69)60-47-46-49-22-7-8-27-52(49)76(60)79/h1-48H. The molecule has 2 aliphatic rings. The van der Waals surface area contributed by atoms with E-state index >= 15 is 0 Å². The van der Waals surface area contributed by atoms with E-state index in [2.05, 4.69) is 291 Å². The Hall–Kier alpha value is -9.54. The van der Waals surface area contributed by atoms with Gasteiger partial charge in [-0.05, 0) is 148 Å². The molecule has 2 heterocycles. The highest BCUT2D eigenvalue weighted by atomic mass is 31.1. The van der Waals surface area contributed by atoms with E-state index in [0.29, 0.717) is 0 Å². The summed E-state index contributed by atoms with van der Waals surface area (Å²) in [5, 5.41) is 21.5. The monoisotopic (exact) mass is 1060 g/mol. The molecule has 3 unspecified atom stereocenters. The Balaban J connectivity index is 1.00. The second kappa shape index (κ2) is 17.2. The van der Waals surface area contributed by atoms with Gasteiger partial charge in [0.15, 0.2) is 0 Å². The van der Waals surface area contributed by atoms with Crippen molar-refractivity contribution in [3.8, 4) is 66.2 Å². The maximum atomic E-state index is 2.59. The zero-order valence-electron chi connectivity index (χ0n) is 44.1. The van der Waals surface area contributed by atoms with Gasteiger partial charge in [0.2, 0.25) is 0 Å². The minimum atomic E-state index is -0.848. The molecule has 0 N–H and O–H groups in total. The summed E-state index contributed by atoms with van der Waals surface area (Å²) < 4.78 is 0. The molecule has 14 aromatic carbocycles. The predicted octanol–water partition coefficient (Wildman–Crippen LogP) is 23.1. The third-order valence-corrected chi connectivity index (χ3v) is 23.5. The molecule has 0 nitrogen and oxygen atoms in total. The normalized spacial score (nSPS) is 14.7.